The van der Waals surface area contributed by atoms with Gasteiger partial charge in [0.1, 0.15) is 0 Å². The minimum absolute atomic E-state index is 1.14. The van der Waals surface area contributed by atoms with Crippen molar-refractivity contribution >= 4 is 32.3 Å². The van der Waals surface area contributed by atoms with E-state index in [1.54, 1.807) is 0 Å². The number of rotatable bonds is 5. The Balaban J connectivity index is 1.14. The number of benzene rings is 8. The maximum Gasteiger partial charge on any atom is 0.0535 e. The van der Waals surface area contributed by atoms with Crippen LogP contribution in [0.2, 0.25) is 0 Å². The number of para-hydroxylation sites is 1. The predicted octanol–water partition coefficient (Wildman–Crippen LogP) is 12.6. The van der Waals surface area contributed by atoms with Crippen molar-refractivity contribution in [1.82, 2.24) is 4.57 Å². The van der Waals surface area contributed by atoms with E-state index in [2.05, 4.69) is 193 Å². The van der Waals surface area contributed by atoms with Crippen molar-refractivity contribution in [3.63, 3.8) is 0 Å². The molecule has 1 aromatic heterocycles. The summed E-state index contributed by atoms with van der Waals surface area (Å²) in [5, 5.41) is 7.62. The molecule has 0 aliphatic heterocycles. The average Bonchev–Trinajstić information content (AvgIpc) is 3.59. The van der Waals surface area contributed by atoms with Gasteiger partial charge in [-0.05, 0) is 96.0 Å². The molecule has 0 saturated heterocycles. The van der Waals surface area contributed by atoms with Crippen molar-refractivity contribution in [3.8, 4) is 50.5 Å². The molecule has 8 aromatic carbocycles. The van der Waals surface area contributed by atoms with Crippen LogP contribution in [-0.2, 0) is 0 Å². The minimum atomic E-state index is 1.14. The Morgan fingerprint density at radius 1 is 0.298 bits per heavy atom. The van der Waals surface area contributed by atoms with E-state index >= 15 is 0 Å². The summed E-state index contributed by atoms with van der Waals surface area (Å²) >= 11 is 0. The topological polar surface area (TPSA) is 4.93 Å². The lowest BCUT2D eigenvalue weighted by atomic mass is 9.91. The van der Waals surface area contributed by atoms with Gasteiger partial charge in [-0.2, -0.15) is 0 Å². The summed E-state index contributed by atoms with van der Waals surface area (Å²) < 4.78 is 2.38. The highest BCUT2D eigenvalue weighted by atomic mass is 15.0. The number of hydrogen-bond acceptors (Lipinski definition) is 0. The van der Waals surface area contributed by atoms with Gasteiger partial charge < -0.3 is 4.57 Å². The first-order valence-electron chi connectivity index (χ1n) is 16.2. The molecule has 0 aliphatic carbocycles. The summed E-state index contributed by atoms with van der Waals surface area (Å²) in [5.74, 6) is 0. The Hall–Kier alpha value is -6.18. The van der Waals surface area contributed by atoms with Crippen molar-refractivity contribution in [3.05, 3.63) is 188 Å². The molecule has 1 heterocycles. The summed E-state index contributed by atoms with van der Waals surface area (Å²) in [5.41, 5.74) is 10.8. The van der Waals surface area contributed by atoms with E-state index in [4.69, 9.17) is 0 Å². The lowest BCUT2D eigenvalue weighted by Crippen LogP contribution is -1.99. The van der Waals surface area contributed by atoms with Gasteiger partial charge in [-0.25, -0.2) is 0 Å². The third-order valence-corrected chi connectivity index (χ3v) is 9.42. The van der Waals surface area contributed by atoms with Gasteiger partial charge in [-0.15, -0.1) is 0 Å². The molecule has 0 N–H and O–H groups in total. The molecule has 0 saturated carbocycles. The Morgan fingerprint density at radius 2 is 0.766 bits per heavy atom. The fourth-order valence-electron chi connectivity index (χ4n) is 7.17. The smallest absolute Gasteiger partial charge is 0.0535 e. The van der Waals surface area contributed by atoms with Crippen LogP contribution in [0, 0.1) is 0 Å². The fraction of sp³-hybridized carbons (Fsp3) is 0. The van der Waals surface area contributed by atoms with Crippen molar-refractivity contribution in [2.24, 2.45) is 0 Å². The van der Waals surface area contributed by atoms with Crippen LogP contribution < -0.4 is 0 Å². The quantitative estimate of drug-likeness (QED) is 0.174. The summed E-state index contributed by atoms with van der Waals surface area (Å²) in [4.78, 5) is 0. The molecule has 0 unspecified atom stereocenters. The van der Waals surface area contributed by atoms with Crippen LogP contribution in [0.5, 0.6) is 0 Å². The van der Waals surface area contributed by atoms with Crippen LogP contribution in [0.25, 0.3) is 82.8 Å². The maximum atomic E-state index is 2.38. The van der Waals surface area contributed by atoms with Crippen LogP contribution in [0.4, 0.5) is 0 Å². The summed E-state index contributed by atoms with van der Waals surface area (Å²) in [6.45, 7) is 0. The molecule has 9 aromatic rings. The third-order valence-electron chi connectivity index (χ3n) is 9.42. The van der Waals surface area contributed by atoms with Crippen molar-refractivity contribution in [1.29, 1.82) is 0 Å². The molecule has 0 fully saturated rings. The Bertz CT molecular complexity index is 2480. The van der Waals surface area contributed by atoms with Gasteiger partial charge in [0.15, 0.2) is 0 Å². The van der Waals surface area contributed by atoms with E-state index in [9.17, 15) is 0 Å². The highest BCUT2D eigenvalue weighted by Gasteiger charge is 2.16. The minimum Gasteiger partial charge on any atom is -0.309 e. The monoisotopic (exact) mass is 597 g/mol. The zero-order chi connectivity index (χ0) is 31.2. The SMILES string of the molecule is c1ccc(-n2c(-c3ccc(-c4cccc5ccccc45)cc3)ccc2-c2ccc(-c3c4ccccc4cc4ccccc34)cc2)cc1. The van der Waals surface area contributed by atoms with Crippen LogP contribution in [-0.4, -0.2) is 4.57 Å². The summed E-state index contributed by atoms with van der Waals surface area (Å²) in [7, 11) is 0. The van der Waals surface area contributed by atoms with Gasteiger partial charge >= 0.3 is 0 Å². The standard InChI is InChI=1S/C46H31N/c1-2-15-39(16-3-1)47-44(34-23-21-33(22-24-34)41-20-10-14-32-11-4-7-17-40(32)41)29-30-45(47)35-25-27-36(28-26-35)46-42-18-8-5-12-37(42)31-38-13-6-9-19-43(38)46/h1-31H. The van der Waals surface area contributed by atoms with E-state index in [1.165, 1.54) is 77.1 Å². The molecule has 1 heteroatoms. The van der Waals surface area contributed by atoms with E-state index in [1.807, 2.05) is 0 Å². The summed E-state index contributed by atoms with van der Waals surface area (Å²) in [6.07, 6.45) is 0. The summed E-state index contributed by atoms with van der Waals surface area (Å²) in [6, 6.07) is 68.2. The van der Waals surface area contributed by atoms with E-state index in [-0.39, 0.29) is 0 Å². The average molecular weight is 598 g/mol. The molecule has 47 heavy (non-hydrogen) atoms. The fourth-order valence-corrected chi connectivity index (χ4v) is 7.17. The molecular weight excluding hydrogens is 567 g/mol. The number of aromatic nitrogens is 1. The lowest BCUT2D eigenvalue weighted by Gasteiger charge is -2.16. The van der Waals surface area contributed by atoms with E-state index in [0.717, 1.165) is 5.69 Å². The molecule has 0 amide bonds. The predicted molar refractivity (Wildman–Crippen MR) is 200 cm³/mol. The van der Waals surface area contributed by atoms with Crippen molar-refractivity contribution < 1.29 is 0 Å². The number of hydrogen-bond donors (Lipinski definition) is 0. The first kappa shape index (κ1) is 27.2. The van der Waals surface area contributed by atoms with E-state index < -0.39 is 0 Å². The largest absolute Gasteiger partial charge is 0.309 e. The molecule has 0 radical (unpaired) electrons. The van der Waals surface area contributed by atoms with Gasteiger partial charge in [0.05, 0.1) is 11.4 Å². The zero-order valence-corrected chi connectivity index (χ0v) is 25.8. The third kappa shape index (κ3) is 4.72. The second kappa shape index (κ2) is 11.3. The second-order valence-electron chi connectivity index (χ2n) is 12.2. The molecule has 0 bridgehead atoms. The highest BCUT2D eigenvalue weighted by molar-refractivity contribution is 6.12. The normalized spacial score (nSPS) is 11.4. The first-order chi connectivity index (χ1) is 23.3. The van der Waals surface area contributed by atoms with Crippen LogP contribution >= 0.6 is 0 Å². The second-order valence-corrected chi connectivity index (χ2v) is 12.2. The Labute approximate surface area is 274 Å². The first-order valence-corrected chi connectivity index (χ1v) is 16.2. The number of fused-ring (bicyclic) bond motifs is 3. The van der Waals surface area contributed by atoms with Crippen LogP contribution in [0.3, 0.4) is 0 Å². The van der Waals surface area contributed by atoms with Gasteiger partial charge in [0.25, 0.3) is 0 Å². The molecule has 0 spiro atoms. The van der Waals surface area contributed by atoms with Crippen LogP contribution in [0.1, 0.15) is 0 Å². The van der Waals surface area contributed by atoms with Gasteiger partial charge in [0.2, 0.25) is 0 Å². The number of nitrogens with zero attached hydrogens (tertiary/aromatic N) is 1. The van der Waals surface area contributed by atoms with Gasteiger partial charge in [-0.3, -0.25) is 0 Å². The van der Waals surface area contributed by atoms with Crippen molar-refractivity contribution in [2.75, 3.05) is 0 Å². The zero-order valence-electron chi connectivity index (χ0n) is 25.8. The molecule has 1 nitrogen and oxygen atoms in total. The Morgan fingerprint density at radius 3 is 1.38 bits per heavy atom. The molecule has 0 atom stereocenters. The van der Waals surface area contributed by atoms with Gasteiger partial charge in [-0.1, -0.05) is 158 Å². The maximum absolute atomic E-state index is 2.38. The molecule has 0 aliphatic rings. The lowest BCUT2D eigenvalue weighted by molar-refractivity contribution is 1.09. The van der Waals surface area contributed by atoms with Gasteiger partial charge in [0, 0.05) is 5.69 Å². The molecular formula is C46H31N. The van der Waals surface area contributed by atoms with Crippen molar-refractivity contribution in [2.45, 2.75) is 0 Å². The highest BCUT2D eigenvalue weighted by Crippen LogP contribution is 2.39. The van der Waals surface area contributed by atoms with E-state index in [0.29, 0.717) is 0 Å². The molecule has 220 valence electrons. The molecule has 9 rings (SSSR count). The Kier molecular flexibility index (Phi) is 6.54. The van der Waals surface area contributed by atoms with Crippen LogP contribution in [0.15, 0.2) is 188 Å².